The smallest absolute Gasteiger partial charge is 0.310 e. The number of ether oxygens (including phenoxy) is 1. The molecular formula is C14H18ClNO3. The van der Waals surface area contributed by atoms with Gasteiger partial charge in [-0.25, -0.2) is 0 Å². The molecule has 19 heavy (non-hydrogen) atoms. The van der Waals surface area contributed by atoms with Crippen molar-refractivity contribution in [1.29, 1.82) is 0 Å². The summed E-state index contributed by atoms with van der Waals surface area (Å²) >= 11 is 5.99. The predicted molar refractivity (Wildman–Crippen MR) is 73.7 cm³/mol. The summed E-state index contributed by atoms with van der Waals surface area (Å²) in [5, 5.41) is 9.85. The minimum atomic E-state index is -0.799. The van der Waals surface area contributed by atoms with Crippen molar-refractivity contribution < 1.29 is 14.6 Å². The van der Waals surface area contributed by atoms with Crippen molar-refractivity contribution in [2.45, 2.75) is 6.42 Å². The van der Waals surface area contributed by atoms with E-state index in [9.17, 15) is 9.90 Å². The zero-order valence-corrected chi connectivity index (χ0v) is 11.6. The number of carbonyl (C=O) groups is 1. The second-order valence-corrected chi connectivity index (χ2v) is 5.40. The Labute approximate surface area is 117 Å². The van der Waals surface area contributed by atoms with Crippen LogP contribution in [0.25, 0.3) is 0 Å². The van der Waals surface area contributed by atoms with Gasteiger partial charge >= 0.3 is 5.97 Å². The standard InChI is InChI=1S/C14H18ClNO3/c1-16-7-6-10(8-16)11(14(17)18)9-19-13-5-3-2-4-12(13)15/h2-5,10-11H,6-9H2,1H3,(H,17,18). The fourth-order valence-electron chi connectivity index (χ4n) is 2.45. The third kappa shape index (κ3) is 3.61. The predicted octanol–water partition coefficient (Wildman–Crippen LogP) is 2.37. The van der Waals surface area contributed by atoms with Gasteiger partial charge < -0.3 is 14.7 Å². The van der Waals surface area contributed by atoms with E-state index in [1.807, 2.05) is 19.2 Å². The second-order valence-electron chi connectivity index (χ2n) is 5.00. The molecule has 0 saturated carbocycles. The van der Waals surface area contributed by atoms with Crippen molar-refractivity contribution in [3.63, 3.8) is 0 Å². The molecule has 5 heteroatoms. The van der Waals surface area contributed by atoms with Gasteiger partial charge in [-0.2, -0.15) is 0 Å². The quantitative estimate of drug-likeness (QED) is 0.901. The van der Waals surface area contributed by atoms with E-state index in [4.69, 9.17) is 16.3 Å². The van der Waals surface area contributed by atoms with E-state index in [0.29, 0.717) is 10.8 Å². The Bertz CT molecular complexity index is 452. The SMILES string of the molecule is CN1CCC(C(COc2ccccc2Cl)C(=O)O)C1. The molecule has 0 amide bonds. The van der Waals surface area contributed by atoms with Crippen molar-refractivity contribution in [1.82, 2.24) is 4.90 Å². The lowest BCUT2D eigenvalue weighted by Gasteiger charge is -2.20. The maximum Gasteiger partial charge on any atom is 0.310 e. The van der Waals surface area contributed by atoms with E-state index in [1.54, 1.807) is 12.1 Å². The lowest BCUT2D eigenvalue weighted by molar-refractivity contribution is -0.144. The molecule has 1 aliphatic rings. The van der Waals surface area contributed by atoms with Crippen LogP contribution in [0.15, 0.2) is 24.3 Å². The Hall–Kier alpha value is -1.26. The van der Waals surface area contributed by atoms with Crippen LogP contribution in [0.4, 0.5) is 0 Å². The molecule has 2 rings (SSSR count). The highest BCUT2D eigenvalue weighted by Gasteiger charge is 2.33. The van der Waals surface area contributed by atoms with E-state index < -0.39 is 11.9 Å². The molecule has 1 fully saturated rings. The number of aliphatic carboxylic acids is 1. The number of nitrogens with zero attached hydrogens (tertiary/aromatic N) is 1. The summed E-state index contributed by atoms with van der Waals surface area (Å²) in [5.41, 5.74) is 0. The summed E-state index contributed by atoms with van der Waals surface area (Å²) in [5.74, 6) is -0.597. The Morgan fingerprint density at radius 3 is 2.89 bits per heavy atom. The monoisotopic (exact) mass is 283 g/mol. The molecule has 1 aromatic rings. The summed E-state index contributed by atoms with van der Waals surface area (Å²) < 4.78 is 5.58. The molecule has 0 aromatic heterocycles. The van der Waals surface area contributed by atoms with E-state index >= 15 is 0 Å². The summed E-state index contributed by atoms with van der Waals surface area (Å²) in [6.07, 6.45) is 0.902. The third-order valence-corrected chi connectivity index (χ3v) is 3.88. The van der Waals surface area contributed by atoms with Crippen LogP contribution in [-0.4, -0.2) is 42.7 Å². The van der Waals surface area contributed by atoms with Gasteiger partial charge in [0, 0.05) is 6.54 Å². The number of carboxylic acid groups (broad SMARTS) is 1. The van der Waals surface area contributed by atoms with Gasteiger partial charge in [-0.1, -0.05) is 23.7 Å². The van der Waals surface area contributed by atoms with Crippen LogP contribution in [0, 0.1) is 11.8 Å². The van der Waals surface area contributed by atoms with Crippen LogP contribution in [0.5, 0.6) is 5.75 Å². The number of para-hydroxylation sites is 1. The minimum Gasteiger partial charge on any atom is -0.491 e. The van der Waals surface area contributed by atoms with E-state index in [2.05, 4.69) is 4.90 Å². The van der Waals surface area contributed by atoms with E-state index in [1.165, 1.54) is 0 Å². The lowest BCUT2D eigenvalue weighted by atomic mass is 9.92. The number of benzene rings is 1. The first-order chi connectivity index (χ1) is 9.08. The van der Waals surface area contributed by atoms with Gasteiger partial charge in [0.2, 0.25) is 0 Å². The number of rotatable bonds is 5. The van der Waals surface area contributed by atoms with Crippen molar-refractivity contribution in [3.05, 3.63) is 29.3 Å². The van der Waals surface area contributed by atoms with Gasteiger partial charge in [-0.05, 0) is 38.1 Å². The zero-order chi connectivity index (χ0) is 13.8. The van der Waals surface area contributed by atoms with Crippen LogP contribution in [0.2, 0.25) is 5.02 Å². The number of hydrogen-bond donors (Lipinski definition) is 1. The molecule has 2 unspecified atom stereocenters. The van der Waals surface area contributed by atoms with Gasteiger partial charge in [-0.15, -0.1) is 0 Å². The Balaban J connectivity index is 1.98. The van der Waals surface area contributed by atoms with Crippen LogP contribution in [0.1, 0.15) is 6.42 Å². The van der Waals surface area contributed by atoms with Crippen LogP contribution in [0.3, 0.4) is 0 Å². The third-order valence-electron chi connectivity index (χ3n) is 3.57. The molecule has 104 valence electrons. The first-order valence-corrected chi connectivity index (χ1v) is 6.74. The highest BCUT2D eigenvalue weighted by Crippen LogP contribution is 2.27. The zero-order valence-electron chi connectivity index (χ0n) is 10.9. The molecule has 0 aliphatic carbocycles. The Kier molecular flexibility index (Phi) is 4.66. The lowest BCUT2D eigenvalue weighted by Crippen LogP contribution is -2.31. The second kappa shape index (κ2) is 6.26. The molecule has 1 N–H and O–H groups in total. The van der Waals surface area contributed by atoms with Gasteiger partial charge in [0.25, 0.3) is 0 Å². The van der Waals surface area contributed by atoms with Crippen molar-refractivity contribution in [3.8, 4) is 5.75 Å². The molecule has 1 aromatic carbocycles. The fraction of sp³-hybridized carbons (Fsp3) is 0.500. The van der Waals surface area contributed by atoms with Gasteiger partial charge in [0.15, 0.2) is 0 Å². The van der Waals surface area contributed by atoms with Crippen molar-refractivity contribution in [2.75, 3.05) is 26.7 Å². The maximum absolute atomic E-state index is 11.4. The number of carboxylic acids is 1. The summed E-state index contributed by atoms with van der Waals surface area (Å²) in [6.45, 7) is 1.92. The molecule has 0 bridgehead atoms. The summed E-state index contributed by atoms with van der Waals surface area (Å²) in [4.78, 5) is 13.5. The first-order valence-electron chi connectivity index (χ1n) is 6.36. The molecule has 4 nitrogen and oxygen atoms in total. The average Bonchev–Trinajstić information content (AvgIpc) is 2.78. The fourth-order valence-corrected chi connectivity index (χ4v) is 2.64. The average molecular weight is 284 g/mol. The molecule has 1 aliphatic heterocycles. The van der Waals surface area contributed by atoms with Gasteiger partial charge in [-0.3, -0.25) is 4.79 Å². The van der Waals surface area contributed by atoms with Crippen LogP contribution in [-0.2, 0) is 4.79 Å². The molecular weight excluding hydrogens is 266 g/mol. The molecule has 1 saturated heterocycles. The molecule has 0 spiro atoms. The molecule has 0 radical (unpaired) electrons. The largest absolute Gasteiger partial charge is 0.491 e. The normalized spacial score (nSPS) is 21.3. The molecule has 1 heterocycles. The van der Waals surface area contributed by atoms with Gasteiger partial charge in [0.1, 0.15) is 12.4 Å². The number of halogens is 1. The Morgan fingerprint density at radius 1 is 1.58 bits per heavy atom. The summed E-state index contributed by atoms with van der Waals surface area (Å²) in [6, 6.07) is 7.12. The Morgan fingerprint density at radius 2 is 2.32 bits per heavy atom. The first kappa shape index (κ1) is 14.2. The maximum atomic E-state index is 11.4. The van der Waals surface area contributed by atoms with Crippen LogP contribution >= 0.6 is 11.6 Å². The van der Waals surface area contributed by atoms with Crippen molar-refractivity contribution in [2.24, 2.45) is 11.8 Å². The topological polar surface area (TPSA) is 49.8 Å². The highest BCUT2D eigenvalue weighted by molar-refractivity contribution is 6.32. The number of hydrogen-bond acceptors (Lipinski definition) is 3. The highest BCUT2D eigenvalue weighted by atomic mass is 35.5. The van der Waals surface area contributed by atoms with Crippen molar-refractivity contribution >= 4 is 17.6 Å². The number of likely N-dealkylation sites (tertiary alicyclic amines) is 1. The van der Waals surface area contributed by atoms with E-state index in [-0.39, 0.29) is 12.5 Å². The summed E-state index contributed by atoms with van der Waals surface area (Å²) in [7, 11) is 2.01. The minimum absolute atomic E-state index is 0.144. The van der Waals surface area contributed by atoms with E-state index in [0.717, 1.165) is 19.5 Å². The van der Waals surface area contributed by atoms with Gasteiger partial charge in [0.05, 0.1) is 10.9 Å². The molecule has 2 atom stereocenters. The van der Waals surface area contributed by atoms with Crippen LogP contribution < -0.4 is 4.74 Å².